The molecule has 0 aromatic heterocycles. The fourth-order valence-corrected chi connectivity index (χ4v) is 3.30. The molecule has 2 amide bonds. The van der Waals surface area contributed by atoms with Gasteiger partial charge in [0, 0.05) is 32.7 Å². The fourth-order valence-electron chi connectivity index (χ4n) is 2.80. The number of rotatable bonds is 2. The van der Waals surface area contributed by atoms with Gasteiger partial charge in [-0.1, -0.05) is 6.07 Å². The lowest BCUT2D eigenvalue weighted by atomic mass is 10.1. The highest BCUT2D eigenvalue weighted by Crippen LogP contribution is 2.31. The van der Waals surface area contributed by atoms with Crippen LogP contribution >= 0.6 is 15.9 Å². The molecule has 0 aliphatic carbocycles. The van der Waals surface area contributed by atoms with E-state index in [1.54, 1.807) is 6.07 Å². The Balaban J connectivity index is 1.84. The van der Waals surface area contributed by atoms with Gasteiger partial charge in [0.25, 0.3) is 0 Å². The third-order valence-corrected chi connectivity index (χ3v) is 4.79. The van der Waals surface area contributed by atoms with Crippen molar-refractivity contribution in [1.82, 2.24) is 10.2 Å². The Morgan fingerprint density at radius 2 is 2.25 bits per heavy atom. The van der Waals surface area contributed by atoms with Crippen LogP contribution in [0.3, 0.4) is 0 Å². The summed E-state index contributed by atoms with van der Waals surface area (Å²) in [4.78, 5) is 15.4. The topological polar surface area (TPSA) is 61.6 Å². The molecule has 1 aromatic rings. The highest BCUT2D eigenvalue weighted by atomic mass is 79.9. The summed E-state index contributed by atoms with van der Waals surface area (Å²) in [7, 11) is 0. The van der Waals surface area contributed by atoms with E-state index < -0.39 is 0 Å². The van der Waals surface area contributed by atoms with Crippen LogP contribution in [0.5, 0.6) is 0 Å². The number of amides is 2. The van der Waals surface area contributed by atoms with E-state index in [0.29, 0.717) is 42.9 Å². The Labute approximate surface area is 125 Å². The van der Waals surface area contributed by atoms with Gasteiger partial charge in [0.2, 0.25) is 0 Å². The van der Waals surface area contributed by atoms with Crippen LogP contribution < -0.4 is 16.0 Å². The molecule has 0 radical (unpaired) electrons. The van der Waals surface area contributed by atoms with Crippen molar-refractivity contribution in [2.75, 3.05) is 31.1 Å². The number of hydrogen-bond acceptors (Lipinski definition) is 3. The molecule has 1 unspecified atom stereocenters. The van der Waals surface area contributed by atoms with Gasteiger partial charge in [-0.05, 0) is 27.6 Å². The molecule has 0 spiro atoms. The summed E-state index contributed by atoms with van der Waals surface area (Å²) < 4.78 is 14.8. The molecule has 108 valence electrons. The Kier molecular flexibility index (Phi) is 3.55. The third kappa shape index (κ3) is 2.14. The van der Waals surface area contributed by atoms with Gasteiger partial charge in [-0.15, -0.1) is 0 Å². The van der Waals surface area contributed by atoms with Gasteiger partial charge in [0.05, 0.1) is 16.2 Å². The van der Waals surface area contributed by atoms with Crippen LogP contribution in [0.25, 0.3) is 0 Å². The monoisotopic (exact) mass is 342 g/mol. The van der Waals surface area contributed by atoms with Crippen LogP contribution in [-0.2, 0) is 6.54 Å². The first-order valence-corrected chi connectivity index (χ1v) is 7.37. The summed E-state index contributed by atoms with van der Waals surface area (Å²) in [5, 5.41) is 2.82. The summed E-state index contributed by atoms with van der Waals surface area (Å²) in [5.74, 6) is -0.279. The standard InChI is InChI=1S/C13H16BrFN4O/c14-11-8(5-16)1-2-10(12(11)15)18-3-4-19-9(7-18)6-17-13(19)20/h1-2,9H,3-7,16H2,(H,17,20). The van der Waals surface area contributed by atoms with E-state index in [9.17, 15) is 9.18 Å². The second-order valence-electron chi connectivity index (χ2n) is 5.06. The summed E-state index contributed by atoms with van der Waals surface area (Å²) in [6.45, 7) is 2.82. The molecule has 3 rings (SSSR count). The second-order valence-corrected chi connectivity index (χ2v) is 5.85. The lowest BCUT2D eigenvalue weighted by molar-refractivity contribution is 0.197. The molecule has 2 aliphatic heterocycles. The zero-order valence-corrected chi connectivity index (χ0v) is 12.5. The molecule has 2 saturated heterocycles. The number of nitrogens with one attached hydrogen (secondary N) is 1. The summed E-state index contributed by atoms with van der Waals surface area (Å²) in [6.07, 6.45) is 0. The first-order chi connectivity index (χ1) is 9.61. The Hall–Kier alpha value is -1.34. The van der Waals surface area contributed by atoms with E-state index in [1.807, 2.05) is 15.9 Å². The third-order valence-electron chi connectivity index (χ3n) is 3.94. The molecule has 3 N–H and O–H groups in total. The maximum Gasteiger partial charge on any atom is 0.317 e. The number of fused-ring (bicyclic) bond motifs is 1. The van der Waals surface area contributed by atoms with Gasteiger partial charge in [-0.2, -0.15) is 0 Å². The average Bonchev–Trinajstić information content (AvgIpc) is 2.83. The SMILES string of the molecule is NCc1ccc(N2CCN3C(=O)NCC3C2)c(F)c1Br. The smallest absolute Gasteiger partial charge is 0.317 e. The lowest BCUT2D eigenvalue weighted by Crippen LogP contribution is -2.52. The van der Waals surface area contributed by atoms with Crippen molar-refractivity contribution in [2.45, 2.75) is 12.6 Å². The molecule has 0 bridgehead atoms. The number of carbonyl (C=O) groups is 1. The number of carbonyl (C=O) groups excluding carboxylic acids is 1. The van der Waals surface area contributed by atoms with Crippen LogP contribution in [0.4, 0.5) is 14.9 Å². The Morgan fingerprint density at radius 3 is 3.00 bits per heavy atom. The van der Waals surface area contributed by atoms with Gasteiger partial charge in [-0.3, -0.25) is 0 Å². The minimum absolute atomic E-state index is 0.0187. The predicted octanol–water partition coefficient (Wildman–Crippen LogP) is 1.26. The number of benzene rings is 1. The number of halogens is 2. The van der Waals surface area contributed by atoms with Crippen molar-refractivity contribution in [3.05, 3.63) is 28.0 Å². The lowest BCUT2D eigenvalue weighted by Gasteiger charge is -2.38. The van der Waals surface area contributed by atoms with Crippen LogP contribution in [0, 0.1) is 5.82 Å². The van der Waals surface area contributed by atoms with Crippen LogP contribution in [-0.4, -0.2) is 43.2 Å². The normalized spacial score (nSPS) is 21.9. The molecular formula is C13H16BrFN4O. The first kappa shape index (κ1) is 13.6. The molecule has 2 fully saturated rings. The minimum Gasteiger partial charge on any atom is -0.365 e. The van der Waals surface area contributed by atoms with Crippen LogP contribution in [0.2, 0.25) is 0 Å². The van der Waals surface area contributed by atoms with E-state index >= 15 is 0 Å². The molecule has 5 nitrogen and oxygen atoms in total. The number of nitrogens with zero attached hydrogens (tertiary/aromatic N) is 2. The van der Waals surface area contributed by atoms with Gasteiger partial charge in [0.15, 0.2) is 5.82 Å². The summed E-state index contributed by atoms with van der Waals surface area (Å²) in [5.41, 5.74) is 6.89. The number of nitrogens with two attached hydrogens (primary N) is 1. The highest BCUT2D eigenvalue weighted by Gasteiger charge is 2.36. The van der Waals surface area contributed by atoms with E-state index in [1.165, 1.54) is 0 Å². The van der Waals surface area contributed by atoms with E-state index in [4.69, 9.17) is 5.73 Å². The second kappa shape index (κ2) is 5.21. The van der Waals surface area contributed by atoms with Crippen molar-refractivity contribution < 1.29 is 9.18 Å². The Bertz CT molecular complexity index is 553. The quantitative estimate of drug-likeness (QED) is 0.850. The van der Waals surface area contributed by atoms with Crippen molar-refractivity contribution >= 4 is 27.6 Å². The fraction of sp³-hybridized carbons (Fsp3) is 0.462. The molecule has 1 atom stereocenters. The molecule has 2 heterocycles. The summed E-state index contributed by atoms with van der Waals surface area (Å²) in [6, 6.07) is 3.70. The van der Waals surface area contributed by atoms with Gasteiger partial charge in [-0.25, -0.2) is 9.18 Å². The van der Waals surface area contributed by atoms with E-state index in [0.717, 1.165) is 5.56 Å². The molecule has 1 aromatic carbocycles. The van der Waals surface area contributed by atoms with E-state index in [-0.39, 0.29) is 17.9 Å². The van der Waals surface area contributed by atoms with Gasteiger partial charge >= 0.3 is 6.03 Å². The Morgan fingerprint density at radius 1 is 1.45 bits per heavy atom. The first-order valence-electron chi connectivity index (χ1n) is 6.58. The highest BCUT2D eigenvalue weighted by molar-refractivity contribution is 9.10. The summed E-state index contributed by atoms with van der Waals surface area (Å²) >= 11 is 3.27. The van der Waals surface area contributed by atoms with Crippen molar-refractivity contribution in [3.8, 4) is 0 Å². The number of anilines is 1. The molecular weight excluding hydrogens is 327 g/mol. The molecule has 2 aliphatic rings. The van der Waals surface area contributed by atoms with Crippen molar-refractivity contribution in [2.24, 2.45) is 5.73 Å². The number of urea groups is 1. The maximum atomic E-state index is 14.4. The average molecular weight is 343 g/mol. The maximum absolute atomic E-state index is 14.4. The predicted molar refractivity (Wildman–Crippen MR) is 78.1 cm³/mol. The number of hydrogen-bond donors (Lipinski definition) is 2. The molecule has 7 heteroatoms. The van der Waals surface area contributed by atoms with Crippen molar-refractivity contribution in [1.29, 1.82) is 0 Å². The van der Waals surface area contributed by atoms with Crippen molar-refractivity contribution in [3.63, 3.8) is 0 Å². The minimum atomic E-state index is -0.279. The van der Waals surface area contributed by atoms with Crippen LogP contribution in [0.15, 0.2) is 16.6 Å². The molecule has 20 heavy (non-hydrogen) atoms. The van der Waals surface area contributed by atoms with Gasteiger partial charge in [0.1, 0.15) is 0 Å². The molecule has 0 saturated carbocycles. The number of piperazine rings is 1. The van der Waals surface area contributed by atoms with E-state index in [2.05, 4.69) is 21.2 Å². The van der Waals surface area contributed by atoms with Gasteiger partial charge < -0.3 is 20.9 Å². The zero-order valence-electron chi connectivity index (χ0n) is 10.9. The largest absolute Gasteiger partial charge is 0.365 e. The zero-order chi connectivity index (χ0) is 14.3. The van der Waals surface area contributed by atoms with Crippen LogP contribution in [0.1, 0.15) is 5.56 Å².